The fourth-order valence-corrected chi connectivity index (χ4v) is 2.04. The number of nitrogens with one attached hydrogen (secondary N) is 2. The van der Waals surface area contributed by atoms with Crippen LogP contribution in [0.5, 0.6) is 0 Å². The van der Waals surface area contributed by atoms with Gasteiger partial charge in [0.15, 0.2) is 0 Å². The van der Waals surface area contributed by atoms with Gasteiger partial charge in [-0.05, 0) is 17.7 Å². The molecule has 19 heavy (non-hydrogen) atoms. The minimum atomic E-state index is -0.0547. The number of hydrogen-bond acceptors (Lipinski definition) is 3. The molecule has 0 bridgehead atoms. The summed E-state index contributed by atoms with van der Waals surface area (Å²) in [6.45, 7) is 5.21. The van der Waals surface area contributed by atoms with Crippen LogP contribution in [0.2, 0.25) is 0 Å². The van der Waals surface area contributed by atoms with E-state index < -0.39 is 0 Å². The Balaban J connectivity index is 1.97. The maximum absolute atomic E-state index is 12.2. The topological polar surface area (TPSA) is 61.4 Å². The quantitative estimate of drug-likeness (QED) is 0.826. The molecule has 0 aliphatic carbocycles. The molecule has 1 saturated heterocycles. The maximum Gasteiger partial charge on any atom is 0.253 e. The maximum atomic E-state index is 12.2. The van der Waals surface area contributed by atoms with E-state index in [9.17, 15) is 9.59 Å². The Morgan fingerprint density at radius 1 is 1.21 bits per heavy atom. The molecule has 0 aromatic heterocycles. The molecule has 2 rings (SSSR count). The number of carbonyl (C=O) groups excluding carboxylic acids is 2. The van der Waals surface area contributed by atoms with Crippen LogP contribution >= 0.6 is 0 Å². The van der Waals surface area contributed by atoms with Crippen LogP contribution in [0.1, 0.15) is 22.8 Å². The second-order valence-electron chi connectivity index (χ2n) is 4.65. The fraction of sp³-hybridized carbons (Fsp3) is 0.429. The Kier molecular flexibility index (Phi) is 4.52. The molecule has 1 fully saturated rings. The summed E-state index contributed by atoms with van der Waals surface area (Å²) in [5, 5.41) is 5.95. The van der Waals surface area contributed by atoms with Crippen molar-refractivity contribution in [2.24, 2.45) is 0 Å². The molecule has 102 valence electrons. The summed E-state index contributed by atoms with van der Waals surface area (Å²) in [5.74, 6) is 0.0218. The molecular weight excluding hydrogens is 242 g/mol. The summed E-state index contributed by atoms with van der Waals surface area (Å²) in [4.78, 5) is 24.9. The standard InChI is InChI=1S/C14H19N3O2/c1-11(18)16-10-12-2-4-13(5-3-12)14(19)17-8-6-15-7-9-17/h2-5,15H,6-10H2,1H3,(H,16,18). The predicted molar refractivity (Wildman–Crippen MR) is 72.7 cm³/mol. The molecule has 0 atom stereocenters. The molecule has 1 aliphatic heterocycles. The molecule has 1 aromatic carbocycles. The second-order valence-corrected chi connectivity index (χ2v) is 4.65. The first kappa shape index (κ1) is 13.5. The van der Waals surface area contributed by atoms with E-state index in [-0.39, 0.29) is 11.8 Å². The molecule has 5 nitrogen and oxygen atoms in total. The first-order valence-electron chi connectivity index (χ1n) is 6.50. The van der Waals surface area contributed by atoms with Gasteiger partial charge in [-0.1, -0.05) is 12.1 Å². The Morgan fingerprint density at radius 3 is 2.42 bits per heavy atom. The molecule has 0 unspecified atom stereocenters. The van der Waals surface area contributed by atoms with E-state index in [4.69, 9.17) is 0 Å². The van der Waals surface area contributed by atoms with Gasteiger partial charge in [0.1, 0.15) is 0 Å². The normalized spacial score (nSPS) is 15.1. The molecule has 1 aliphatic rings. The molecule has 1 aromatic rings. The van der Waals surface area contributed by atoms with E-state index in [2.05, 4.69) is 10.6 Å². The average Bonchev–Trinajstić information content (AvgIpc) is 2.46. The highest BCUT2D eigenvalue weighted by atomic mass is 16.2. The van der Waals surface area contributed by atoms with Crippen LogP contribution in [0.25, 0.3) is 0 Å². The van der Waals surface area contributed by atoms with E-state index in [1.807, 2.05) is 29.2 Å². The van der Waals surface area contributed by atoms with Crippen molar-refractivity contribution in [1.29, 1.82) is 0 Å². The number of benzene rings is 1. The molecular formula is C14H19N3O2. The summed E-state index contributed by atoms with van der Waals surface area (Å²) in [6.07, 6.45) is 0. The number of rotatable bonds is 3. The second kappa shape index (κ2) is 6.33. The molecule has 2 N–H and O–H groups in total. The minimum absolute atomic E-state index is 0.0547. The van der Waals surface area contributed by atoms with Gasteiger partial charge >= 0.3 is 0 Å². The van der Waals surface area contributed by atoms with Crippen LogP contribution in [0.3, 0.4) is 0 Å². The zero-order valence-corrected chi connectivity index (χ0v) is 11.1. The summed E-state index contributed by atoms with van der Waals surface area (Å²) >= 11 is 0. The highest BCUT2D eigenvalue weighted by Gasteiger charge is 2.17. The van der Waals surface area contributed by atoms with Gasteiger partial charge in [-0.2, -0.15) is 0 Å². The lowest BCUT2D eigenvalue weighted by Gasteiger charge is -2.27. The summed E-state index contributed by atoms with van der Waals surface area (Å²) < 4.78 is 0. The number of nitrogens with zero attached hydrogens (tertiary/aromatic N) is 1. The van der Waals surface area contributed by atoms with Crippen molar-refractivity contribution >= 4 is 11.8 Å². The molecule has 5 heteroatoms. The third kappa shape index (κ3) is 3.79. The number of amides is 2. The van der Waals surface area contributed by atoms with Crippen LogP contribution in [0.4, 0.5) is 0 Å². The van der Waals surface area contributed by atoms with E-state index in [0.717, 1.165) is 31.7 Å². The van der Waals surface area contributed by atoms with Gasteiger partial charge < -0.3 is 15.5 Å². The molecule has 1 heterocycles. The molecule has 0 radical (unpaired) electrons. The number of piperazine rings is 1. The van der Waals surface area contributed by atoms with E-state index in [1.54, 1.807) is 0 Å². The molecule has 2 amide bonds. The van der Waals surface area contributed by atoms with Gasteiger partial charge in [0, 0.05) is 45.2 Å². The zero-order chi connectivity index (χ0) is 13.7. The van der Waals surface area contributed by atoms with Crippen LogP contribution in [-0.4, -0.2) is 42.9 Å². The summed E-state index contributed by atoms with van der Waals surface area (Å²) in [6, 6.07) is 7.40. The van der Waals surface area contributed by atoms with Crippen molar-refractivity contribution in [3.05, 3.63) is 35.4 Å². The highest BCUT2D eigenvalue weighted by molar-refractivity contribution is 5.94. The van der Waals surface area contributed by atoms with Crippen LogP contribution in [0.15, 0.2) is 24.3 Å². The van der Waals surface area contributed by atoms with Crippen LogP contribution < -0.4 is 10.6 Å². The van der Waals surface area contributed by atoms with Gasteiger partial charge in [-0.3, -0.25) is 9.59 Å². The Bertz CT molecular complexity index is 450. The van der Waals surface area contributed by atoms with Gasteiger partial charge in [-0.25, -0.2) is 0 Å². The molecule has 0 spiro atoms. The van der Waals surface area contributed by atoms with Gasteiger partial charge in [0.2, 0.25) is 5.91 Å². The van der Waals surface area contributed by atoms with Crippen molar-refractivity contribution in [2.75, 3.05) is 26.2 Å². The van der Waals surface area contributed by atoms with Gasteiger partial charge in [0.05, 0.1) is 0 Å². The first-order valence-corrected chi connectivity index (χ1v) is 6.50. The predicted octanol–water partition coefficient (Wildman–Crippen LogP) is 0.368. The molecule has 0 saturated carbocycles. The third-order valence-electron chi connectivity index (χ3n) is 3.15. The van der Waals surface area contributed by atoms with Gasteiger partial charge in [-0.15, -0.1) is 0 Å². The average molecular weight is 261 g/mol. The number of carbonyl (C=O) groups is 2. The third-order valence-corrected chi connectivity index (χ3v) is 3.15. The van der Waals surface area contributed by atoms with E-state index in [0.29, 0.717) is 12.1 Å². The van der Waals surface area contributed by atoms with Crippen LogP contribution in [0, 0.1) is 0 Å². The Hall–Kier alpha value is -1.88. The van der Waals surface area contributed by atoms with Crippen molar-refractivity contribution in [3.63, 3.8) is 0 Å². The first-order chi connectivity index (χ1) is 9.16. The smallest absolute Gasteiger partial charge is 0.253 e. The van der Waals surface area contributed by atoms with Crippen molar-refractivity contribution < 1.29 is 9.59 Å². The van der Waals surface area contributed by atoms with Crippen molar-refractivity contribution in [1.82, 2.24) is 15.5 Å². The summed E-state index contributed by atoms with van der Waals surface area (Å²) in [5.41, 5.74) is 1.69. The highest BCUT2D eigenvalue weighted by Crippen LogP contribution is 2.08. The van der Waals surface area contributed by atoms with Crippen molar-refractivity contribution in [2.45, 2.75) is 13.5 Å². The monoisotopic (exact) mass is 261 g/mol. The van der Waals surface area contributed by atoms with E-state index >= 15 is 0 Å². The van der Waals surface area contributed by atoms with Gasteiger partial charge in [0.25, 0.3) is 5.91 Å². The van der Waals surface area contributed by atoms with E-state index in [1.165, 1.54) is 6.92 Å². The summed E-state index contributed by atoms with van der Waals surface area (Å²) in [7, 11) is 0. The van der Waals surface area contributed by atoms with Crippen LogP contribution in [-0.2, 0) is 11.3 Å². The lowest BCUT2D eigenvalue weighted by molar-refractivity contribution is -0.119. The minimum Gasteiger partial charge on any atom is -0.352 e. The Morgan fingerprint density at radius 2 is 1.84 bits per heavy atom. The van der Waals surface area contributed by atoms with Crippen molar-refractivity contribution in [3.8, 4) is 0 Å². The number of hydrogen-bond donors (Lipinski definition) is 2. The fourth-order valence-electron chi connectivity index (χ4n) is 2.04. The Labute approximate surface area is 113 Å². The SMILES string of the molecule is CC(=O)NCc1ccc(C(=O)N2CCNCC2)cc1. The zero-order valence-electron chi connectivity index (χ0n) is 11.1. The largest absolute Gasteiger partial charge is 0.352 e. The lowest BCUT2D eigenvalue weighted by Crippen LogP contribution is -2.46. The lowest BCUT2D eigenvalue weighted by atomic mass is 10.1.